The quantitative estimate of drug-likeness (QED) is 0.550. The molecule has 1 aromatic rings. The average Bonchev–Trinajstić information content (AvgIpc) is 2.83. The summed E-state index contributed by atoms with van der Waals surface area (Å²) in [5.74, 6) is -0.881. The van der Waals surface area contributed by atoms with Crippen LogP contribution in [0.3, 0.4) is 0 Å². The second-order valence-electron chi connectivity index (χ2n) is 3.55. The van der Waals surface area contributed by atoms with Gasteiger partial charge in [-0.25, -0.2) is 9.67 Å². The van der Waals surface area contributed by atoms with Crippen LogP contribution in [0.15, 0.2) is 6.33 Å². The number of carbonyl (C=O) groups is 1. The first-order chi connectivity index (χ1) is 7.61. The minimum atomic E-state index is -0.792. The number of aliphatic hydroxyl groups is 2. The number of ether oxygens (including phenoxy) is 1. The topological polar surface area (TPSA) is 123 Å². The molecule has 8 heteroatoms. The Bertz CT molecular complexity index is 393. The largest absolute Gasteiger partial charge is 0.394 e. The van der Waals surface area contributed by atoms with Crippen molar-refractivity contribution in [1.82, 2.24) is 14.8 Å². The summed E-state index contributed by atoms with van der Waals surface area (Å²) >= 11 is 0. The molecule has 1 unspecified atom stereocenters. The van der Waals surface area contributed by atoms with Crippen molar-refractivity contribution in [3.05, 3.63) is 12.2 Å². The first-order valence-electron chi connectivity index (χ1n) is 4.77. The Balaban J connectivity index is 2.15. The molecule has 1 aliphatic heterocycles. The zero-order chi connectivity index (χ0) is 11.7. The molecule has 16 heavy (non-hydrogen) atoms. The van der Waals surface area contributed by atoms with Crippen LogP contribution in [0.25, 0.3) is 0 Å². The highest BCUT2D eigenvalue weighted by atomic mass is 16.5. The number of nitrogens with zero attached hydrogens (tertiary/aromatic N) is 3. The smallest absolute Gasteiger partial charge is 0.288 e. The molecule has 0 bridgehead atoms. The van der Waals surface area contributed by atoms with Crippen molar-refractivity contribution in [3.63, 3.8) is 0 Å². The van der Waals surface area contributed by atoms with Crippen LogP contribution in [0.5, 0.6) is 0 Å². The van der Waals surface area contributed by atoms with Gasteiger partial charge in [-0.2, -0.15) is 0 Å². The Morgan fingerprint density at radius 3 is 3.00 bits per heavy atom. The second-order valence-corrected chi connectivity index (χ2v) is 3.55. The van der Waals surface area contributed by atoms with Crippen LogP contribution in [-0.4, -0.2) is 49.7 Å². The Kier molecular flexibility index (Phi) is 2.86. The Hall–Kier alpha value is -1.51. The van der Waals surface area contributed by atoms with Crippen LogP contribution in [0, 0.1) is 0 Å². The summed E-state index contributed by atoms with van der Waals surface area (Å²) in [7, 11) is 0. The molecular weight excluding hydrogens is 216 g/mol. The zero-order valence-corrected chi connectivity index (χ0v) is 8.35. The first kappa shape index (κ1) is 11.0. The van der Waals surface area contributed by atoms with E-state index in [4.69, 9.17) is 15.6 Å². The van der Waals surface area contributed by atoms with Crippen LogP contribution in [0.1, 0.15) is 23.3 Å². The fourth-order valence-corrected chi connectivity index (χ4v) is 1.60. The number of nitrogens with two attached hydrogens (primary N) is 1. The molecule has 3 atom stereocenters. The van der Waals surface area contributed by atoms with E-state index in [2.05, 4.69) is 10.1 Å². The van der Waals surface area contributed by atoms with E-state index in [1.165, 1.54) is 11.0 Å². The molecule has 0 aliphatic carbocycles. The Labute approximate surface area is 90.6 Å². The van der Waals surface area contributed by atoms with Gasteiger partial charge in [-0.3, -0.25) is 4.79 Å². The number of aliphatic hydroxyl groups excluding tert-OH is 2. The van der Waals surface area contributed by atoms with Crippen molar-refractivity contribution in [1.29, 1.82) is 0 Å². The predicted molar refractivity (Wildman–Crippen MR) is 50.2 cm³/mol. The maximum Gasteiger partial charge on any atom is 0.288 e. The van der Waals surface area contributed by atoms with Gasteiger partial charge in [0.05, 0.1) is 12.7 Å². The highest BCUT2D eigenvalue weighted by Crippen LogP contribution is 2.27. The van der Waals surface area contributed by atoms with Gasteiger partial charge >= 0.3 is 0 Å². The number of hydrogen-bond donors (Lipinski definition) is 3. The fraction of sp³-hybridized carbons (Fsp3) is 0.625. The maximum atomic E-state index is 10.8. The van der Waals surface area contributed by atoms with Gasteiger partial charge in [-0.1, -0.05) is 0 Å². The van der Waals surface area contributed by atoms with Crippen LogP contribution >= 0.6 is 0 Å². The number of primary amides is 1. The summed E-state index contributed by atoms with van der Waals surface area (Å²) in [6, 6.07) is 0. The molecule has 2 heterocycles. The van der Waals surface area contributed by atoms with Crippen LogP contribution in [0.2, 0.25) is 0 Å². The normalized spacial score (nSPS) is 29.5. The molecule has 2 rings (SSSR count). The molecule has 4 N–H and O–H groups in total. The van der Waals surface area contributed by atoms with Gasteiger partial charge in [0.1, 0.15) is 12.4 Å². The molecule has 0 saturated carbocycles. The third-order valence-electron chi connectivity index (χ3n) is 2.36. The van der Waals surface area contributed by atoms with Gasteiger partial charge in [-0.05, 0) is 0 Å². The molecule has 8 nitrogen and oxygen atoms in total. The Morgan fingerprint density at radius 2 is 2.50 bits per heavy atom. The van der Waals surface area contributed by atoms with Crippen molar-refractivity contribution < 1.29 is 19.7 Å². The number of carbonyl (C=O) groups excluding carboxylic acids is 1. The SMILES string of the molecule is NC(=O)c1ncn([C@@H]2O[C@H](CO)CC2O)n1. The van der Waals surface area contributed by atoms with Gasteiger partial charge in [0, 0.05) is 6.42 Å². The molecular formula is C8H12N4O4. The lowest BCUT2D eigenvalue weighted by atomic mass is 10.2. The third kappa shape index (κ3) is 1.90. The lowest BCUT2D eigenvalue weighted by Crippen LogP contribution is -2.21. The number of aromatic nitrogens is 3. The summed E-state index contributed by atoms with van der Waals surface area (Å²) in [6.07, 6.45) is -0.390. The van der Waals surface area contributed by atoms with Crippen molar-refractivity contribution >= 4 is 5.91 Å². The number of rotatable bonds is 3. The third-order valence-corrected chi connectivity index (χ3v) is 2.36. The molecule has 1 fully saturated rings. The minimum absolute atomic E-state index is 0.136. The summed E-state index contributed by atoms with van der Waals surface area (Å²) in [6.45, 7) is -0.176. The fourth-order valence-electron chi connectivity index (χ4n) is 1.60. The second kappa shape index (κ2) is 4.16. The average molecular weight is 228 g/mol. The minimum Gasteiger partial charge on any atom is -0.394 e. The van der Waals surface area contributed by atoms with Crippen molar-refractivity contribution in [2.45, 2.75) is 24.9 Å². The molecule has 1 aliphatic rings. The molecule has 88 valence electrons. The van der Waals surface area contributed by atoms with Crippen LogP contribution in [0.4, 0.5) is 0 Å². The van der Waals surface area contributed by atoms with Crippen LogP contribution in [-0.2, 0) is 4.74 Å². The maximum absolute atomic E-state index is 10.8. The lowest BCUT2D eigenvalue weighted by molar-refractivity contribution is -0.0572. The molecule has 1 aromatic heterocycles. The van der Waals surface area contributed by atoms with Gasteiger partial charge < -0.3 is 20.7 Å². The van der Waals surface area contributed by atoms with Gasteiger partial charge in [0.25, 0.3) is 5.91 Å². The van der Waals surface area contributed by atoms with Crippen LogP contribution < -0.4 is 5.73 Å². The molecule has 0 radical (unpaired) electrons. The van der Waals surface area contributed by atoms with Crippen molar-refractivity contribution in [3.8, 4) is 0 Å². The van der Waals surface area contributed by atoms with Crippen molar-refractivity contribution in [2.24, 2.45) is 5.73 Å². The van der Waals surface area contributed by atoms with E-state index < -0.39 is 24.3 Å². The Morgan fingerprint density at radius 1 is 1.75 bits per heavy atom. The van der Waals surface area contributed by atoms with E-state index in [0.29, 0.717) is 6.42 Å². The van der Waals surface area contributed by atoms with Gasteiger partial charge in [0.15, 0.2) is 6.23 Å². The van der Waals surface area contributed by atoms with Crippen molar-refractivity contribution in [2.75, 3.05) is 6.61 Å². The van der Waals surface area contributed by atoms with Gasteiger partial charge in [-0.15, -0.1) is 5.10 Å². The van der Waals surface area contributed by atoms with E-state index in [9.17, 15) is 9.90 Å². The van der Waals surface area contributed by atoms with E-state index >= 15 is 0 Å². The number of amides is 1. The summed E-state index contributed by atoms with van der Waals surface area (Å²) < 4.78 is 6.53. The van der Waals surface area contributed by atoms with E-state index in [0.717, 1.165) is 0 Å². The standard InChI is InChI=1S/C8H12N4O4/c9-6(15)7-10-3-12(11-7)8-5(14)1-4(2-13)16-8/h3-5,8,13-14H,1-2H2,(H2,9,15)/t4-,5?,8+/m0/s1. The summed E-state index contributed by atoms with van der Waals surface area (Å²) in [4.78, 5) is 14.4. The molecule has 1 amide bonds. The lowest BCUT2D eigenvalue weighted by Gasteiger charge is -2.13. The monoisotopic (exact) mass is 228 g/mol. The molecule has 0 aromatic carbocycles. The van der Waals surface area contributed by atoms with E-state index in [-0.39, 0.29) is 12.4 Å². The number of hydrogen-bond acceptors (Lipinski definition) is 6. The molecule has 1 saturated heterocycles. The first-order valence-corrected chi connectivity index (χ1v) is 4.77. The molecule has 0 spiro atoms. The predicted octanol–water partition coefficient (Wildman–Crippen LogP) is -1.98. The summed E-state index contributed by atoms with van der Waals surface area (Å²) in [5, 5.41) is 22.3. The van der Waals surface area contributed by atoms with E-state index in [1.54, 1.807) is 0 Å². The zero-order valence-electron chi connectivity index (χ0n) is 8.35. The summed E-state index contributed by atoms with van der Waals surface area (Å²) in [5.41, 5.74) is 4.99. The highest BCUT2D eigenvalue weighted by molar-refractivity contribution is 5.88. The van der Waals surface area contributed by atoms with Gasteiger partial charge in [0.2, 0.25) is 5.82 Å². The van der Waals surface area contributed by atoms with E-state index in [1.807, 2.05) is 0 Å². The highest BCUT2D eigenvalue weighted by Gasteiger charge is 2.35.